The molecule has 1 saturated carbocycles. The third-order valence-corrected chi connectivity index (χ3v) is 8.22. The van der Waals surface area contributed by atoms with Gasteiger partial charge in [-0.05, 0) is 83.6 Å². The molecule has 1 aliphatic carbocycles. The van der Waals surface area contributed by atoms with Crippen molar-refractivity contribution in [2.75, 3.05) is 20.3 Å². The van der Waals surface area contributed by atoms with Crippen LogP contribution in [0.5, 0.6) is 0 Å². The van der Waals surface area contributed by atoms with Crippen LogP contribution in [0, 0.1) is 32.1 Å². The Morgan fingerprint density at radius 1 is 1.19 bits per heavy atom. The number of hydrogen-bond donors (Lipinski definition) is 0. The number of carbonyl (C=O) groups excluding carboxylic acids is 1. The third kappa shape index (κ3) is 4.68. The summed E-state index contributed by atoms with van der Waals surface area (Å²) < 4.78 is 19.4. The number of methoxy groups -OCH3 is 1. The molecule has 1 atom stereocenters. The van der Waals surface area contributed by atoms with Gasteiger partial charge in [0.1, 0.15) is 5.65 Å². The fraction of sp³-hybridized carbons (Fsp3) is 0.533. The van der Waals surface area contributed by atoms with Crippen molar-refractivity contribution >= 4 is 28.6 Å². The standard InChI is InChI=1S/C30H37ClN2O4/c1-17-19(3)33(14-20-12-30(13-20)15-36-16-30)27-23(17)25(21-8-10-22(31)11-9-21)24(18(2)32-27)26(28(34)35-7)37-29(4,5)6/h8-11,20,26H,12-16H2,1-7H3/t26-/m0/s1. The Labute approximate surface area is 224 Å². The molecule has 0 unspecified atom stereocenters. The fourth-order valence-corrected chi connectivity index (χ4v) is 6.25. The van der Waals surface area contributed by atoms with E-state index in [9.17, 15) is 4.79 Å². The molecule has 0 radical (unpaired) electrons. The van der Waals surface area contributed by atoms with Crippen LogP contribution in [0.4, 0.5) is 0 Å². The molecule has 2 fully saturated rings. The first-order chi connectivity index (χ1) is 17.4. The van der Waals surface area contributed by atoms with Crippen LogP contribution in [-0.4, -0.2) is 41.4 Å². The van der Waals surface area contributed by atoms with Crippen molar-refractivity contribution in [2.24, 2.45) is 11.3 Å². The molecule has 0 bridgehead atoms. The van der Waals surface area contributed by atoms with E-state index in [2.05, 4.69) is 18.4 Å². The average Bonchev–Trinajstić information content (AvgIpc) is 3.01. The van der Waals surface area contributed by atoms with Crippen molar-refractivity contribution in [1.82, 2.24) is 9.55 Å². The highest BCUT2D eigenvalue weighted by Crippen LogP contribution is 2.52. The number of benzene rings is 1. The highest BCUT2D eigenvalue weighted by atomic mass is 35.5. The third-order valence-electron chi connectivity index (χ3n) is 7.97. The molecule has 1 aromatic carbocycles. The van der Waals surface area contributed by atoms with E-state index in [-0.39, 0.29) is 0 Å². The van der Waals surface area contributed by atoms with Crippen molar-refractivity contribution in [3.8, 4) is 11.1 Å². The van der Waals surface area contributed by atoms with E-state index in [0.717, 1.165) is 58.7 Å². The van der Waals surface area contributed by atoms with Gasteiger partial charge in [0.2, 0.25) is 0 Å². The largest absolute Gasteiger partial charge is 0.467 e. The highest BCUT2D eigenvalue weighted by Gasteiger charge is 2.49. The van der Waals surface area contributed by atoms with E-state index in [1.54, 1.807) is 0 Å². The Morgan fingerprint density at radius 2 is 1.84 bits per heavy atom. The molecule has 5 rings (SSSR count). The molecule has 1 aliphatic heterocycles. The van der Waals surface area contributed by atoms with Crippen LogP contribution < -0.4 is 0 Å². The number of nitrogens with zero attached hydrogens (tertiary/aromatic N) is 2. The molecule has 3 aromatic rings. The first-order valence-corrected chi connectivity index (χ1v) is 13.4. The van der Waals surface area contributed by atoms with E-state index < -0.39 is 17.7 Å². The second kappa shape index (κ2) is 9.40. The molecule has 0 amide bonds. The van der Waals surface area contributed by atoms with Gasteiger partial charge in [-0.25, -0.2) is 9.78 Å². The summed E-state index contributed by atoms with van der Waals surface area (Å²) in [7, 11) is 1.40. The summed E-state index contributed by atoms with van der Waals surface area (Å²) in [6, 6.07) is 7.77. The number of ether oxygens (including phenoxy) is 3. The molecule has 0 N–H and O–H groups in total. The second-order valence-corrected chi connectivity index (χ2v) is 12.3. The summed E-state index contributed by atoms with van der Waals surface area (Å²) in [5.41, 5.74) is 6.58. The van der Waals surface area contributed by atoms with E-state index in [1.807, 2.05) is 52.0 Å². The summed E-state index contributed by atoms with van der Waals surface area (Å²) in [6.45, 7) is 14.8. The number of hydrogen-bond acceptors (Lipinski definition) is 5. The molecule has 1 saturated heterocycles. The monoisotopic (exact) mass is 524 g/mol. The number of halogens is 1. The van der Waals surface area contributed by atoms with Gasteiger partial charge in [0, 0.05) is 44.9 Å². The number of rotatable bonds is 6. The van der Waals surface area contributed by atoms with Crippen LogP contribution in [0.3, 0.4) is 0 Å². The van der Waals surface area contributed by atoms with E-state index in [0.29, 0.717) is 16.4 Å². The highest BCUT2D eigenvalue weighted by molar-refractivity contribution is 6.30. The molecule has 1 spiro atoms. The number of aryl methyl sites for hydroxylation is 2. The van der Waals surface area contributed by atoms with Gasteiger partial charge in [-0.15, -0.1) is 0 Å². The van der Waals surface area contributed by atoms with Crippen LogP contribution >= 0.6 is 11.6 Å². The van der Waals surface area contributed by atoms with Gasteiger partial charge >= 0.3 is 5.97 Å². The summed E-state index contributed by atoms with van der Waals surface area (Å²) in [4.78, 5) is 18.3. The summed E-state index contributed by atoms with van der Waals surface area (Å²) in [6.07, 6.45) is 1.49. The quantitative estimate of drug-likeness (QED) is 0.334. The van der Waals surface area contributed by atoms with Crippen molar-refractivity contribution in [3.63, 3.8) is 0 Å². The lowest BCUT2D eigenvalue weighted by Gasteiger charge is -2.53. The maximum absolute atomic E-state index is 13.1. The van der Waals surface area contributed by atoms with Gasteiger partial charge in [-0.3, -0.25) is 0 Å². The Hall–Kier alpha value is -2.41. The summed E-state index contributed by atoms with van der Waals surface area (Å²) in [5.74, 6) is 0.177. The smallest absolute Gasteiger partial charge is 0.339 e. The number of carbonyl (C=O) groups is 1. The first-order valence-electron chi connectivity index (χ1n) is 13.0. The number of pyridine rings is 1. The SMILES string of the molecule is COC(=O)[C@@H](OC(C)(C)C)c1c(C)nc2c(c(C)c(C)n2CC2CC3(COC3)C2)c1-c1ccc(Cl)cc1. The van der Waals surface area contributed by atoms with Crippen molar-refractivity contribution in [3.05, 3.63) is 51.8 Å². The van der Waals surface area contributed by atoms with Crippen molar-refractivity contribution < 1.29 is 19.0 Å². The normalized spacial score (nSPS) is 18.1. The van der Waals surface area contributed by atoms with Crippen LogP contribution in [0.15, 0.2) is 24.3 Å². The molecule has 2 aromatic heterocycles. The second-order valence-electron chi connectivity index (χ2n) is 11.9. The summed E-state index contributed by atoms with van der Waals surface area (Å²) in [5, 5.41) is 1.71. The zero-order valence-corrected chi connectivity index (χ0v) is 23.7. The Balaban J connectivity index is 1.72. The molecule has 2 aliphatic rings. The molecular weight excluding hydrogens is 488 g/mol. The molecular formula is C30H37ClN2O4. The van der Waals surface area contributed by atoms with Gasteiger partial charge in [0.15, 0.2) is 6.10 Å². The number of esters is 1. The molecule has 6 nitrogen and oxygen atoms in total. The minimum atomic E-state index is -0.916. The maximum Gasteiger partial charge on any atom is 0.339 e. The number of aromatic nitrogens is 2. The Bertz CT molecular complexity index is 1340. The maximum atomic E-state index is 13.1. The van der Waals surface area contributed by atoms with Crippen LogP contribution in [0.2, 0.25) is 5.02 Å². The van der Waals surface area contributed by atoms with Crippen LogP contribution in [-0.2, 0) is 25.5 Å². The van der Waals surface area contributed by atoms with Gasteiger partial charge in [0.25, 0.3) is 0 Å². The van der Waals surface area contributed by atoms with Crippen molar-refractivity contribution in [1.29, 1.82) is 0 Å². The molecule has 198 valence electrons. The first kappa shape index (κ1) is 26.2. The van der Waals surface area contributed by atoms with Crippen molar-refractivity contribution in [2.45, 2.75) is 72.6 Å². The minimum absolute atomic E-state index is 0.416. The van der Waals surface area contributed by atoms with Crippen LogP contribution in [0.1, 0.15) is 62.2 Å². The Kier molecular flexibility index (Phi) is 6.66. The Morgan fingerprint density at radius 3 is 2.38 bits per heavy atom. The molecule has 37 heavy (non-hydrogen) atoms. The zero-order valence-electron chi connectivity index (χ0n) is 22.9. The lowest BCUT2D eigenvalue weighted by Crippen LogP contribution is -2.53. The average molecular weight is 525 g/mol. The molecule has 3 heterocycles. The van der Waals surface area contributed by atoms with Gasteiger partial charge in [-0.1, -0.05) is 23.7 Å². The molecule has 7 heteroatoms. The van der Waals surface area contributed by atoms with Gasteiger partial charge in [-0.2, -0.15) is 0 Å². The van der Waals surface area contributed by atoms with E-state index >= 15 is 0 Å². The topological polar surface area (TPSA) is 62.6 Å². The van der Waals surface area contributed by atoms with E-state index in [4.69, 9.17) is 30.8 Å². The van der Waals surface area contributed by atoms with Gasteiger partial charge < -0.3 is 18.8 Å². The zero-order chi connectivity index (χ0) is 26.7. The van der Waals surface area contributed by atoms with Gasteiger partial charge in [0.05, 0.1) is 25.9 Å². The van der Waals surface area contributed by atoms with E-state index in [1.165, 1.54) is 25.6 Å². The minimum Gasteiger partial charge on any atom is -0.467 e. The summed E-state index contributed by atoms with van der Waals surface area (Å²) >= 11 is 6.27. The predicted octanol–water partition coefficient (Wildman–Crippen LogP) is 6.74. The lowest BCUT2D eigenvalue weighted by molar-refractivity contribution is -0.180. The fourth-order valence-electron chi connectivity index (χ4n) is 6.12. The lowest BCUT2D eigenvalue weighted by atomic mass is 9.60. The van der Waals surface area contributed by atoms with Crippen LogP contribution in [0.25, 0.3) is 22.2 Å². The number of fused-ring (bicyclic) bond motifs is 1. The predicted molar refractivity (Wildman–Crippen MR) is 146 cm³/mol.